The van der Waals surface area contributed by atoms with Gasteiger partial charge in [0.05, 0.1) is 6.61 Å². The quantitative estimate of drug-likeness (QED) is 0.208. The summed E-state index contributed by atoms with van der Waals surface area (Å²) >= 11 is 0. The Balaban J connectivity index is 1.41. The summed E-state index contributed by atoms with van der Waals surface area (Å²) in [5, 5.41) is 0. The predicted molar refractivity (Wildman–Crippen MR) is 136 cm³/mol. The smallest absolute Gasteiger partial charge is 0.344 e. The minimum absolute atomic E-state index is 0.318. The summed E-state index contributed by atoms with van der Waals surface area (Å²) in [4.78, 5) is 50.9. The van der Waals surface area contributed by atoms with Gasteiger partial charge in [-0.25, -0.2) is 9.36 Å². The highest BCUT2D eigenvalue weighted by Crippen LogP contribution is 2.50. The highest BCUT2D eigenvalue weighted by molar-refractivity contribution is 7.48. The molecule has 1 aliphatic heterocycles. The van der Waals surface area contributed by atoms with Crippen LogP contribution in [0.1, 0.15) is 32.5 Å². The van der Waals surface area contributed by atoms with Gasteiger partial charge in [-0.05, 0) is 13.0 Å². The van der Waals surface area contributed by atoms with Crippen molar-refractivity contribution in [3.05, 3.63) is 117 Å². The molecule has 0 radical (unpaired) electrons. The van der Waals surface area contributed by atoms with Gasteiger partial charge in [0.15, 0.2) is 17.8 Å². The zero-order valence-electron chi connectivity index (χ0n) is 20.4. The number of rotatable bonds is 12. The van der Waals surface area contributed by atoms with Crippen LogP contribution in [-0.4, -0.2) is 47.0 Å². The summed E-state index contributed by atoms with van der Waals surface area (Å²) in [6, 6.07) is 16.5. The van der Waals surface area contributed by atoms with E-state index in [0.717, 1.165) is 0 Å². The zero-order chi connectivity index (χ0) is 27.1. The predicted octanol–water partition coefficient (Wildman–Crippen LogP) is 3.22. The van der Waals surface area contributed by atoms with Gasteiger partial charge >= 0.3 is 13.5 Å². The lowest BCUT2D eigenvalue weighted by molar-refractivity contribution is -0.0143. The highest BCUT2D eigenvalue weighted by Gasteiger charge is 2.32. The summed E-state index contributed by atoms with van der Waals surface area (Å²) in [5.41, 5.74) is -0.165. The second-order valence-corrected chi connectivity index (χ2v) is 9.97. The van der Waals surface area contributed by atoms with E-state index in [1.54, 1.807) is 79.7 Å². The molecule has 1 aromatic heterocycles. The molecule has 3 aromatic rings. The van der Waals surface area contributed by atoms with Crippen molar-refractivity contribution in [2.75, 3.05) is 19.8 Å². The third kappa shape index (κ3) is 6.97. The molecule has 2 heterocycles. The molecule has 0 saturated carbocycles. The van der Waals surface area contributed by atoms with Crippen molar-refractivity contribution in [3.8, 4) is 0 Å². The van der Waals surface area contributed by atoms with E-state index >= 15 is 0 Å². The average Bonchev–Trinajstić information content (AvgIpc) is 3.41. The average molecular weight is 540 g/mol. The Morgan fingerprint density at radius 3 is 2.00 bits per heavy atom. The Hall–Kier alpha value is -3.73. The lowest BCUT2D eigenvalue weighted by Gasteiger charge is -2.20. The zero-order valence-corrected chi connectivity index (χ0v) is 21.2. The Morgan fingerprint density at radius 1 is 0.895 bits per heavy atom. The van der Waals surface area contributed by atoms with Gasteiger partial charge in [-0.1, -0.05) is 66.7 Å². The van der Waals surface area contributed by atoms with Gasteiger partial charge in [0.1, 0.15) is 19.3 Å². The third-order valence-electron chi connectivity index (χ3n) is 5.52. The van der Waals surface area contributed by atoms with Crippen molar-refractivity contribution in [2.45, 2.75) is 19.3 Å². The molecule has 0 fully saturated rings. The number of benzene rings is 2. The fourth-order valence-electron chi connectivity index (χ4n) is 3.48. The summed E-state index contributed by atoms with van der Waals surface area (Å²) in [7, 11) is -4.41. The molecule has 0 saturated heterocycles. The number of carbonyl (C=O) groups excluding carboxylic acids is 2. The Kier molecular flexibility index (Phi) is 8.77. The summed E-state index contributed by atoms with van der Waals surface area (Å²) in [6.45, 7) is -0.0133. The summed E-state index contributed by atoms with van der Waals surface area (Å²) in [5.74, 6) is -0.922. The minimum Gasteiger partial charge on any atom is -0.344 e. The molecule has 198 valence electrons. The molecule has 1 N–H and O–H groups in total. The maximum atomic E-state index is 13.4. The van der Waals surface area contributed by atoms with E-state index in [0.29, 0.717) is 16.7 Å². The monoisotopic (exact) mass is 540 g/mol. The maximum absolute atomic E-state index is 13.4. The molecule has 0 bridgehead atoms. The number of carbonyl (C=O) groups is 2. The van der Waals surface area contributed by atoms with Crippen LogP contribution in [-0.2, 0) is 22.9 Å². The molecule has 0 spiro atoms. The molecule has 2 aromatic carbocycles. The number of nitrogens with zero attached hydrogens (tertiary/aromatic N) is 1. The first-order chi connectivity index (χ1) is 18.2. The van der Waals surface area contributed by atoms with Gasteiger partial charge < -0.3 is 4.74 Å². The molecule has 2 unspecified atom stereocenters. The van der Waals surface area contributed by atoms with Crippen LogP contribution < -0.4 is 11.2 Å². The van der Waals surface area contributed by atoms with Crippen LogP contribution in [0.4, 0.5) is 0 Å². The molecule has 0 amide bonds. The molecule has 38 heavy (non-hydrogen) atoms. The minimum atomic E-state index is -4.41. The van der Waals surface area contributed by atoms with Gasteiger partial charge in [-0.15, -0.1) is 0 Å². The fraction of sp³-hybridized carbons (Fsp3) is 0.231. The van der Waals surface area contributed by atoms with Crippen molar-refractivity contribution in [3.63, 3.8) is 0 Å². The van der Waals surface area contributed by atoms with E-state index in [9.17, 15) is 23.7 Å². The van der Waals surface area contributed by atoms with Crippen molar-refractivity contribution >= 4 is 19.4 Å². The number of phosphoric ester groups is 1. The van der Waals surface area contributed by atoms with Crippen LogP contribution in [0.5, 0.6) is 0 Å². The lowest BCUT2D eigenvalue weighted by atomic mass is 10.1. The van der Waals surface area contributed by atoms with Gasteiger partial charge in [-0.3, -0.25) is 37.5 Å². The number of nitrogens with one attached hydrogen (secondary N) is 1. The molecular formula is C26H25N2O9P. The highest BCUT2D eigenvalue weighted by atomic mass is 31.2. The van der Waals surface area contributed by atoms with Crippen LogP contribution >= 0.6 is 7.82 Å². The van der Waals surface area contributed by atoms with Crippen LogP contribution in [0.3, 0.4) is 0 Å². The van der Waals surface area contributed by atoms with E-state index in [1.807, 2.05) is 0 Å². The number of aromatic amines is 1. The first-order valence-electron chi connectivity index (χ1n) is 11.6. The van der Waals surface area contributed by atoms with Crippen molar-refractivity contribution in [1.29, 1.82) is 0 Å². The maximum Gasteiger partial charge on any atom is 0.475 e. The topological polar surface area (TPSA) is 143 Å². The molecule has 2 atom stereocenters. The van der Waals surface area contributed by atoms with Gasteiger partial charge in [0, 0.05) is 22.9 Å². The van der Waals surface area contributed by atoms with E-state index in [-0.39, 0.29) is 6.61 Å². The Labute approximate surface area is 217 Å². The number of ether oxygens (including phenoxy) is 1. The Bertz CT molecular complexity index is 1420. The second-order valence-electron chi connectivity index (χ2n) is 8.30. The number of H-pyrrole nitrogens is 1. The van der Waals surface area contributed by atoms with Crippen molar-refractivity contribution in [1.82, 2.24) is 9.55 Å². The fourth-order valence-corrected chi connectivity index (χ4v) is 4.59. The number of ketones is 2. The van der Waals surface area contributed by atoms with Gasteiger partial charge in [0.2, 0.25) is 0 Å². The molecular weight excluding hydrogens is 515 g/mol. The van der Waals surface area contributed by atoms with E-state index in [1.165, 1.54) is 10.8 Å². The number of hydrogen-bond donors (Lipinski definition) is 1. The number of phosphoric acid groups is 1. The van der Waals surface area contributed by atoms with Crippen molar-refractivity contribution in [2.24, 2.45) is 0 Å². The normalized spacial score (nSPS) is 17.0. The molecule has 12 heteroatoms. The SMILES string of the molecule is Cc1cn(C2C=CC(COP(=O)(OCC(=O)c3ccccc3)OCC(=O)c3ccccc3)O2)c(=O)[nH]c1=O. The van der Waals surface area contributed by atoms with Crippen molar-refractivity contribution < 1.29 is 32.5 Å². The van der Waals surface area contributed by atoms with Crippen LogP contribution in [0.25, 0.3) is 0 Å². The molecule has 4 rings (SSSR count). The number of aryl methyl sites for hydroxylation is 1. The Morgan fingerprint density at radius 2 is 1.45 bits per heavy atom. The van der Waals surface area contributed by atoms with E-state index in [4.69, 9.17) is 18.3 Å². The first kappa shape index (κ1) is 27.3. The van der Waals surface area contributed by atoms with E-state index in [2.05, 4.69) is 4.98 Å². The summed E-state index contributed by atoms with van der Waals surface area (Å²) < 4.78 is 36.3. The number of hydrogen-bond acceptors (Lipinski definition) is 9. The second kappa shape index (κ2) is 12.2. The standard InChI is InChI=1S/C26H25N2O9P/c1-18-14-28(26(32)27-25(18)31)24-13-12-21(37-24)15-34-38(33,35-16-22(29)19-8-4-2-5-9-19)36-17-23(30)20-10-6-3-7-11-20/h2-14,21,24H,15-17H2,1H3,(H,27,31,32). The number of Topliss-reactive ketones (excluding diaryl/α,β-unsaturated/α-hetero) is 2. The largest absolute Gasteiger partial charge is 0.475 e. The number of aromatic nitrogens is 2. The summed E-state index contributed by atoms with van der Waals surface area (Å²) in [6.07, 6.45) is 2.89. The van der Waals surface area contributed by atoms with Crippen LogP contribution in [0, 0.1) is 6.92 Å². The van der Waals surface area contributed by atoms with Crippen LogP contribution in [0.2, 0.25) is 0 Å². The van der Waals surface area contributed by atoms with Gasteiger partial charge in [-0.2, -0.15) is 0 Å². The van der Waals surface area contributed by atoms with Gasteiger partial charge in [0.25, 0.3) is 5.56 Å². The van der Waals surface area contributed by atoms with Crippen LogP contribution in [0.15, 0.2) is 88.6 Å². The molecule has 1 aliphatic rings. The lowest BCUT2D eigenvalue weighted by Crippen LogP contribution is -2.33. The molecule has 11 nitrogen and oxygen atoms in total. The first-order valence-corrected chi connectivity index (χ1v) is 13.1. The van der Waals surface area contributed by atoms with E-state index < -0.39 is 56.2 Å². The third-order valence-corrected chi connectivity index (χ3v) is 6.88. The molecule has 0 aliphatic carbocycles.